The maximum absolute atomic E-state index is 11.1. The van der Waals surface area contributed by atoms with Gasteiger partial charge in [0.25, 0.3) is 0 Å². The maximum Gasteiger partial charge on any atom is 0.223 e. The van der Waals surface area contributed by atoms with Crippen molar-refractivity contribution < 1.29 is 9.53 Å². The monoisotopic (exact) mass is 387 g/mol. The number of hydrogen-bond acceptors (Lipinski definition) is 7. The Hall–Kier alpha value is -2.45. The van der Waals surface area contributed by atoms with Gasteiger partial charge in [-0.15, -0.1) is 11.3 Å². The molecule has 1 saturated heterocycles. The van der Waals surface area contributed by atoms with E-state index in [1.807, 2.05) is 24.4 Å². The highest BCUT2D eigenvalue weighted by molar-refractivity contribution is 7.15. The normalized spacial score (nSPS) is 20.3. The fourth-order valence-corrected chi connectivity index (χ4v) is 4.09. The van der Waals surface area contributed by atoms with Crippen LogP contribution in [0.2, 0.25) is 0 Å². The highest BCUT2D eigenvalue weighted by atomic mass is 32.1. The minimum atomic E-state index is -0.102. The smallest absolute Gasteiger partial charge is 0.223 e. The summed E-state index contributed by atoms with van der Waals surface area (Å²) >= 11 is 1.51. The Balaban J connectivity index is 1.60. The van der Waals surface area contributed by atoms with Crippen LogP contribution < -0.4 is 15.8 Å². The Labute approximate surface area is 163 Å². The number of rotatable bonds is 6. The van der Waals surface area contributed by atoms with Crippen molar-refractivity contribution in [3.05, 3.63) is 34.8 Å². The summed E-state index contributed by atoms with van der Waals surface area (Å²) in [5.41, 5.74) is 7.52. The van der Waals surface area contributed by atoms with Crippen LogP contribution in [0.3, 0.4) is 0 Å². The molecule has 0 spiro atoms. The minimum Gasteiger partial charge on any atom is -0.489 e. The van der Waals surface area contributed by atoms with Crippen molar-refractivity contribution in [1.82, 2.24) is 9.88 Å². The topological polar surface area (TPSA) is 92.8 Å². The molecule has 2 atom stereocenters. The third-order valence-electron chi connectivity index (χ3n) is 4.49. The second-order valence-electron chi connectivity index (χ2n) is 6.74. The second-order valence-corrected chi connectivity index (χ2v) is 7.86. The summed E-state index contributed by atoms with van der Waals surface area (Å²) in [7, 11) is 1.72. The first-order valence-corrected chi connectivity index (χ1v) is 9.71. The lowest BCUT2D eigenvalue weighted by Crippen LogP contribution is -2.27. The number of carbonyl (C=O) groups excluding carboxylic acids is 1. The number of nitrogens with zero attached hydrogens (tertiary/aromatic N) is 3. The lowest BCUT2D eigenvalue weighted by atomic mass is 10.2. The molecule has 1 amide bonds. The van der Waals surface area contributed by atoms with E-state index in [0.717, 1.165) is 35.7 Å². The minimum absolute atomic E-state index is 0.102. The first-order valence-electron chi connectivity index (χ1n) is 8.89. The Morgan fingerprint density at radius 2 is 2.37 bits per heavy atom. The van der Waals surface area contributed by atoms with Crippen LogP contribution in [0.25, 0.3) is 0 Å². The van der Waals surface area contributed by atoms with Crippen LogP contribution in [0.1, 0.15) is 30.7 Å². The molecule has 27 heavy (non-hydrogen) atoms. The summed E-state index contributed by atoms with van der Waals surface area (Å²) < 4.78 is 6.19. The number of thiazole rings is 1. The van der Waals surface area contributed by atoms with Crippen LogP contribution in [0, 0.1) is 0 Å². The largest absolute Gasteiger partial charge is 0.489 e. The molecule has 0 aliphatic carbocycles. The second kappa shape index (κ2) is 8.49. The number of anilines is 2. The fourth-order valence-electron chi connectivity index (χ4n) is 3.21. The zero-order chi connectivity index (χ0) is 19.4. The van der Waals surface area contributed by atoms with Gasteiger partial charge in [0.15, 0.2) is 5.13 Å². The van der Waals surface area contributed by atoms with Crippen LogP contribution in [0.5, 0.6) is 5.75 Å². The van der Waals surface area contributed by atoms with E-state index in [4.69, 9.17) is 10.5 Å². The molecule has 144 valence electrons. The van der Waals surface area contributed by atoms with Crippen molar-refractivity contribution in [3.63, 3.8) is 0 Å². The van der Waals surface area contributed by atoms with Crippen LogP contribution in [-0.4, -0.2) is 47.7 Å². The first-order chi connectivity index (χ1) is 12.9. The van der Waals surface area contributed by atoms with Crippen molar-refractivity contribution in [3.8, 4) is 5.75 Å². The highest BCUT2D eigenvalue weighted by Gasteiger charge is 2.30. The number of hydrogen-bond donors (Lipinski definition) is 2. The van der Waals surface area contributed by atoms with Gasteiger partial charge in [-0.3, -0.25) is 14.7 Å². The summed E-state index contributed by atoms with van der Waals surface area (Å²) in [6.45, 7) is 5.33. The van der Waals surface area contributed by atoms with Gasteiger partial charge in [-0.05, 0) is 25.1 Å². The van der Waals surface area contributed by atoms with Crippen molar-refractivity contribution in [2.24, 2.45) is 4.99 Å². The van der Waals surface area contributed by atoms with Crippen molar-refractivity contribution >= 4 is 34.3 Å². The van der Waals surface area contributed by atoms with E-state index in [0.29, 0.717) is 16.9 Å². The molecule has 0 bridgehead atoms. The van der Waals surface area contributed by atoms with E-state index >= 15 is 0 Å². The molecule has 2 heterocycles. The Bertz CT molecular complexity index is 835. The molecule has 2 aromatic rings. The number of likely N-dealkylation sites (tertiary alicyclic amines) is 1. The molecule has 1 fully saturated rings. The summed E-state index contributed by atoms with van der Waals surface area (Å²) in [6.07, 6.45) is 4.65. The molecule has 1 aliphatic heterocycles. The molecule has 1 aromatic carbocycles. The van der Waals surface area contributed by atoms with Crippen LogP contribution in [-0.2, 0) is 11.3 Å². The van der Waals surface area contributed by atoms with Crippen molar-refractivity contribution in [2.75, 3.05) is 24.6 Å². The quantitative estimate of drug-likeness (QED) is 0.587. The average Bonchev–Trinajstić information content (AvgIpc) is 3.17. The van der Waals surface area contributed by atoms with Crippen molar-refractivity contribution in [2.45, 2.75) is 39.0 Å². The van der Waals surface area contributed by atoms with Crippen LogP contribution >= 0.6 is 11.3 Å². The molecule has 1 aliphatic rings. The van der Waals surface area contributed by atoms with E-state index in [1.54, 1.807) is 13.3 Å². The van der Waals surface area contributed by atoms with Gasteiger partial charge in [0.1, 0.15) is 11.9 Å². The molecular weight excluding hydrogens is 362 g/mol. The third-order valence-corrected chi connectivity index (χ3v) is 5.39. The van der Waals surface area contributed by atoms with Gasteiger partial charge in [0.05, 0.1) is 0 Å². The van der Waals surface area contributed by atoms with E-state index in [1.165, 1.54) is 18.3 Å². The number of benzene rings is 1. The standard InChI is InChI=1S/C19H25N5O2S/c1-12-6-16(26-15-4-5-18(20)14(7-15)8-21-3)10-24(12)11-17-9-22-19(27-17)23-13(2)25/h4-5,7-9,12,16H,6,10-11,20H2,1-3H3,(H,22,23,25). The van der Waals surface area contributed by atoms with E-state index in [-0.39, 0.29) is 12.0 Å². The number of aromatic nitrogens is 1. The maximum atomic E-state index is 11.1. The Morgan fingerprint density at radius 1 is 1.56 bits per heavy atom. The predicted octanol–water partition coefficient (Wildman–Crippen LogP) is 2.77. The highest BCUT2D eigenvalue weighted by Crippen LogP contribution is 2.28. The molecular formula is C19H25N5O2S. The van der Waals surface area contributed by atoms with Gasteiger partial charge in [0.2, 0.25) is 5.91 Å². The average molecular weight is 388 g/mol. The molecule has 7 nitrogen and oxygen atoms in total. The zero-order valence-electron chi connectivity index (χ0n) is 15.8. The van der Waals surface area contributed by atoms with Gasteiger partial charge in [-0.25, -0.2) is 4.98 Å². The Kier molecular flexibility index (Phi) is 6.08. The van der Waals surface area contributed by atoms with Gasteiger partial charge in [-0.2, -0.15) is 0 Å². The number of amides is 1. The van der Waals surface area contributed by atoms with Crippen molar-refractivity contribution in [1.29, 1.82) is 0 Å². The van der Waals surface area contributed by atoms with Gasteiger partial charge in [-0.1, -0.05) is 0 Å². The van der Waals surface area contributed by atoms with E-state index < -0.39 is 0 Å². The third kappa shape index (κ3) is 5.05. The number of carbonyl (C=O) groups is 1. The predicted molar refractivity (Wildman–Crippen MR) is 110 cm³/mol. The summed E-state index contributed by atoms with van der Waals surface area (Å²) in [4.78, 5) is 22.9. The number of nitrogens with one attached hydrogen (secondary N) is 1. The van der Waals surface area contributed by atoms with Crippen LogP contribution in [0.4, 0.5) is 10.8 Å². The fraction of sp³-hybridized carbons (Fsp3) is 0.421. The molecule has 8 heteroatoms. The first kappa shape index (κ1) is 19.3. The lowest BCUT2D eigenvalue weighted by Gasteiger charge is -2.19. The lowest BCUT2D eigenvalue weighted by molar-refractivity contribution is -0.114. The van der Waals surface area contributed by atoms with Gasteiger partial charge < -0.3 is 15.8 Å². The Morgan fingerprint density at radius 3 is 3.11 bits per heavy atom. The van der Waals surface area contributed by atoms with E-state index in [2.05, 4.69) is 27.1 Å². The van der Waals surface area contributed by atoms with Crippen LogP contribution in [0.15, 0.2) is 29.4 Å². The molecule has 3 N–H and O–H groups in total. The summed E-state index contributed by atoms with van der Waals surface area (Å²) in [6, 6.07) is 6.09. The van der Waals surface area contributed by atoms with Gasteiger partial charge in [0, 0.05) is 68.1 Å². The number of nitrogens with two attached hydrogens (primary N) is 1. The van der Waals surface area contributed by atoms with E-state index in [9.17, 15) is 4.79 Å². The summed E-state index contributed by atoms with van der Waals surface area (Å²) in [5.74, 6) is 0.707. The van der Waals surface area contributed by atoms with Gasteiger partial charge >= 0.3 is 0 Å². The molecule has 0 saturated carbocycles. The number of aliphatic imine (C=N–C) groups is 1. The molecule has 3 rings (SSSR count). The zero-order valence-corrected chi connectivity index (χ0v) is 16.6. The molecule has 0 radical (unpaired) electrons. The number of ether oxygens (including phenoxy) is 1. The SMILES string of the molecule is CN=Cc1cc(OC2CC(C)N(Cc3cnc(NC(C)=O)s3)C2)ccc1N. The molecule has 1 aromatic heterocycles. The molecule has 2 unspecified atom stereocenters. The number of nitrogen functional groups attached to an aromatic ring is 1. The summed E-state index contributed by atoms with van der Waals surface area (Å²) in [5, 5.41) is 3.37.